The molecule has 0 fully saturated rings. The molecule has 0 saturated carbocycles. The van der Waals surface area contributed by atoms with E-state index in [1.165, 1.54) is 0 Å². The summed E-state index contributed by atoms with van der Waals surface area (Å²) in [5.41, 5.74) is 6.13. The van der Waals surface area contributed by atoms with Gasteiger partial charge in [0.2, 0.25) is 0 Å². The van der Waals surface area contributed by atoms with Crippen LogP contribution in [0.4, 0.5) is 11.4 Å². The third-order valence-electron chi connectivity index (χ3n) is 5.47. The van der Waals surface area contributed by atoms with Gasteiger partial charge in [0.15, 0.2) is 11.1 Å². The Morgan fingerprint density at radius 2 is 2.00 bits per heavy atom. The Morgan fingerprint density at radius 3 is 2.75 bits per heavy atom. The number of nitrogens with zero attached hydrogens (tertiary/aromatic N) is 2. The van der Waals surface area contributed by atoms with Gasteiger partial charge >= 0.3 is 0 Å². The van der Waals surface area contributed by atoms with Crippen molar-refractivity contribution >= 4 is 54.9 Å². The zero-order valence-electron chi connectivity index (χ0n) is 17.0. The minimum Gasteiger partial charge on any atom is -0.361 e. The van der Waals surface area contributed by atoms with Crippen LogP contribution in [0.2, 0.25) is 0 Å². The number of anilines is 2. The molecule has 5 aromatic rings. The van der Waals surface area contributed by atoms with Gasteiger partial charge in [-0.15, -0.1) is 11.3 Å². The van der Waals surface area contributed by atoms with Crippen LogP contribution in [-0.4, -0.2) is 18.7 Å². The predicted octanol–water partition coefficient (Wildman–Crippen LogP) is 6.09. The maximum absolute atomic E-state index is 11.0. The van der Waals surface area contributed by atoms with Crippen molar-refractivity contribution in [3.8, 4) is 16.5 Å². The van der Waals surface area contributed by atoms with Crippen LogP contribution >= 0.6 is 11.3 Å². The van der Waals surface area contributed by atoms with Crippen molar-refractivity contribution < 1.29 is 8.76 Å². The van der Waals surface area contributed by atoms with Gasteiger partial charge in [-0.25, -0.2) is 9.19 Å². The van der Waals surface area contributed by atoms with Gasteiger partial charge in [0.25, 0.3) is 0 Å². The highest BCUT2D eigenvalue weighted by molar-refractivity contribution is 7.78. The highest BCUT2D eigenvalue weighted by Gasteiger charge is 2.15. The molecule has 6 nitrogen and oxygen atoms in total. The first-order chi connectivity index (χ1) is 15.5. The van der Waals surface area contributed by atoms with Crippen LogP contribution in [0.25, 0.3) is 31.6 Å². The maximum Gasteiger partial charge on any atom is 0.157 e. The number of aromatic amines is 1. The molecule has 0 amide bonds. The van der Waals surface area contributed by atoms with Crippen molar-refractivity contribution in [3.05, 3.63) is 77.6 Å². The normalized spacial score (nSPS) is 12.2. The van der Waals surface area contributed by atoms with Crippen LogP contribution in [0.1, 0.15) is 16.7 Å². The van der Waals surface area contributed by atoms with Crippen molar-refractivity contribution in [2.24, 2.45) is 0 Å². The highest BCUT2D eigenvalue weighted by Crippen LogP contribution is 2.39. The molecule has 1 unspecified atom stereocenters. The summed E-state index contributed by atoms with van der Waals surface area (Å²) in [4.78, 5) is 9.57. The summed E-state index contributed by atoms with van der Waals surface area (Å²) < 4.78 is 20.1. The number of H-pyrrole nitrogens is 1. The molecular formula is C24H18N4O2S2. The molecule has 1 atom stereocenters. The number of rotatable bonds is 5. The lowest BCUT2D eigenvalue weighted by atomic mass is 10.1. The maximum atomic E-state index is 11.0. The first-order valence-electron chi connectivity index (χ1n) is 9.86. The first-order valence-corrected chi connectivity index (χ1v) is 12.0. The van der Waals surface area contributed by atoms with E-state index in [-0.39, 0.29) is 5.75 Å². The quantitative estimate of drug-likeness (QED) is 0.277. The number of hydrogen-bond acceptors (Lipinski definition) is 5. The van der Waals surface area contributed by atoms with Crippen molar-refractivity contribution in [1.29, 1.82) is 5.26 Å². The standard InChI is InChI=1S/C24H18N4O2S2/c1-14-18-8-9-26-21(18)7-6-20(14)28-23-17(11-25)12-27-24-19(23)10-22(31-24)16-4-2-15(3-5-16)13-32(29)30/h2-10,12,26H,13H2,1H3,(H,27,28)(H,29,30). The minimum absolute atomic E-state index is 0.110. The van der Waals surface area contributed by atoms with Gasteiger partial charge in [0.1, 0.15) is 10.9 Å². The molecule has 3 aromatic heterocycles. The molecule has 32 heavy (non-hydrogen) atoms. The third kappa shape index (κ3) is 3.67. The Kier molecular flexibility index (Phi) is 5.23. The van der Waals surface area contributed by atoms with Gasteiger partial charge < -0.3 is 14.9 Å². The van der Waals surface area contributed by atoms with Crippen LogP contribution in [0.5, 0.6) is 0 Å². The average Bonchev–Trinajstić information content (AvgIpc) is 3.43. The molecule has 0 aliphatic heterocycles. The molecular weight excluding hydrogens is 440 g/mol. The lowest BCUT2D eigenvalue weighted by molar-refractivity contribution is 0.563. The van der Waals surface area contributed by atoms with E-state index in [4.69, 9.17) is 4.55 Å². The molecule has 5 rings (SSSR count). The Hall–Kier alpha value is -3.51. The van der Waals surface area contributed by atoms with Crippen molar-refractivity contribution in [2.45, 2.75) is 12.7 Å². The number of aryl methyl sites for hydroxylation is 1. The Labute approximate surface area is 190 Å². The summed E-state index contributed by atoms with van der Waals surface area (Å²) in [5.74, 6) is 0.110. The molecule has 0 aliphatic rings. The predicted molar refractivity (Wildman–Crippen MR) is 131 cm³/mol. The van der Waals surface area contributed by atoms with Crippen molar-refractivity contribution in [2.75, 3.05) is 5.32 Å². The van der Waals surface area contributed by atoms with Crippen LogP contribution in [0.15, 0.2) is 60.9 Å². The second kappa shape index (κ2) is 8.20. The average molecular weight is 459 g/mol. The highest BCUT2D eigenvalue weighted by atomic mass is 32.2. The molecule has 2 aromatic carbocycles. The van der Waals surface area contributed by atoms with Gasteiger partial charge in [-0.05, 0) is 47.9 Å². The first kappa shape index (κ1) is 20.4. The Bertz CT molecular complexity index is 1530. The Morgan fingerprint density at radius 1 is 1.19 bits per heavy atom. The zero-order valence-corrected chi connectivity index (χ0v) is 18.7. The number of thiophene rings is 1. The molecule has 3 heterocycles. The molecule has 3 N–H and O–H groups in total. The second-order valence-electron chi connectivity index (χ2n) is 7.45. The fourth-order valence-corrected chi connectivity index (χ4v) is 5.31. The molecule has 0 saturated heterocycles. The lowest BCUT2D eigenvalue weighted by Gasteiger charge is -2.12. The van der Waals surface area contributed by atoms with Crippen LogP contribution in [0.3, 0.4) is 0 Å². The molecule has 158 valence electrons. The van der Waals surface area contributed by atoms with Crippen LogP contribution in [-0.2, 0) is 16.8 Å². The van der Waals surface area contributed by atoms with Crippen molar-refractivity contribution in [3.63, 3.8) is 0 Å². The van der Waals surface area contributed by atoms with Gasteiger partial charge in [-0.1, -0.05) is 24.3 Å². The summed E-state index contributed by atoms with van der Waals surface area (Å²) in [7, 11) is 0. The number of aromatic nitrogens is 2. The van der Waals surface area contributed by atoms with Gasteiger partial charge in [0.05, 0.1) is 17.0 Å². The smallest absolute Gasteiger partial charge is 0.157 e. The molecule has 0 spiro atoms. The largest absolute Gasteiger partial charge is 0.361 e. The van der Waals surface area contributed by atoms with E-state index >= 15 is 0 Å². The van der Waals surface area contributed by atoms with Crippen molar-refractivity contribution in [1.82, 2.24) is 9.97 Å². The number of benzene rings is 2. The van der Waals surface area contributed by atoms with E-state index < -0.39 is 11.1 Å². The zero-order chi connectivity index (χ0) is 22.2. The monoisotopic (exact) mass is 458 g/mol. The number of nitrogens with one attached hydrogen (secondary N) is 2. The molecule has 0 bridgehead atoms. The van der Waals surface area contributed by atoms with Crippen LogP contribution < -0.4 is 5.32 Å². The van der Waals surface area contributed by atoms with E-state index in [1.54, 1.807) is 17.5 Å². The lowest BCUT2D eigenvalue weighted by Crippen LogP contribution is -1.97. The molecule has 8 heteroatoms. The number of nitriles is 1. The van der Waals surface area contributed by atoms with Crippen LogP contribution in [0, 0.1) is 18.3 Å². The third-order valence-corrected chi connectivity index (χ3v) is 7.15. The Balaban J connectivity index is 1.58. The summed E-state index contributed by atoms with van der Waals surface area (Å²) in [6.07, 6.45) is 3.52. The molecule has 0 radical (unpaired) electrons. The summed E-state index contributed by atoms with van der Waals surface area (Å²) in [6, 6.07) is 18.0. The van der Waals surface area contributed by atoms with E-state index in [2.05, 4.69) is 28.3 Å². The summed E-state index contributed by atoms with van der Waals surface area (Å²) >= 11 is -0.316. The van der Waals surface area contributed by atoms with Gasteiger partial charge in [-0.3, -0.25) is 0 Å². The SMILES string of the molecule is Cc1c(Nc2c(C#N)cnc3sc(-c4ccc(CS(=O)O)cc4)cc23)ccc2[nH]ccc12. The number of hydrogen-bond donors (Lipinski definition) is 3. The van der Waals surface area contributed by atoms with E-state index in [0.29, 0.717) is 5.56 Å². The van der Waals surface area contributed by atoms with E-state index in [0.717, 1.165) is 54.1 Å². The molecule has 0 aliphatic carbocycles. The van der Waals surface area contributed by atoms with Gasteiger partial charge in [0, 0.05) is 39.2 Å². The van der Waals surface area contributed by atoms with E-state index in [1.807, 2.05) is 54.7 Å². The van der Waals surface area contributed by atoms with E-state index in [9.17, 15) is 9.47 Å². The number of fused-ring (bicyclic) bond motifs is 2. The fraction of sp³-hybridized carbons (Fsp3) is 0.0833. The minimum atomic E-state index is -1.86. The second-order valence-corrected chi connectivity index (χ2v) is 9.42. The fourth-order valence-electron chi connectivity index (χ4n) is 3.81. The summed E-state index contributed by atoms with van der Waals surface area (Å²) in [5, 5.41) is 15.2. The summed E-state index contributed by atoms with van der Waals surface area (Å²) in [6.45, 7) is 2.06. The topological polar surface area (TPSA) is 102 Å². The number of pyridine rings is 1. The van der Waals surface area contributed by atoms with Gasteiger partial charge in [-0.2, -0.15) is 5.26 Å².